The van der Waals surface area contributed by atoms with Crippen molar-refractivity contribution in [2.24, 2.45) is 0 Å². The molecule has 0 fully saturated rings. The maximum atomic E-state index is 12.8. The quantitative estimate of drug-likeness (QED) is 0.174. The lowest BCUT2D eigenvalue weighted by atomic mass is 10.1. The third-order valence-corrected chi connectivity index (χ3v) is 5.62. The summed E-state index contributed by atoms with van der Waals surface area (Å²) in [6.07, 6.45) is 5.50. The Balaban J connectivity index is 1.64. The van der Waals surface area contributed by atoms with Crippen molar-refractivity contribution in [2.45, 2.75) is 26.3 Å². The van der Waals surface area contributed by atoms with Crippen molar-refractivity contribution in [3.8, 4) is 28.8 Å². The van der Waals surface area contributed by atoms with Gasteiger partial charge in [-0.25, -0.2) is 4.68 Å². The van der Waals surface area contributed by atoms with Gasteiger partial charge in [0.1, 0.15) is 17.4 Å². The minimum Gasteiger partial charge on any atom is -0.494 e. The second-order valence-electron chi connectivity index (χ2n) is 8.28. The maximum Gasteiger partial charge on any atom is 0.262 e. The Bertz CT molecular complexity index is 1350. The molecule has 1 N–H and O–H groups in total. The summed E-state index contributed by atoms with van der Waals surface area (Å²) in [5.74, 6) is 0.365. The van der Waals surface area contributed by atoms with Crippen LogP contribution in [0.3, 0.4) is 0 Å². The van der Waals surface area contributed by atoms with Crippen LogP contribution in [0, 0.1) is 11.3 Å². The molecule has 0 unspecified atom stereocenters. The third-order valence-electron chi connectivity index (χ3n) is 5.62. The highest BCUT2D eigenvalue weighted by Crippen LogP contribution is 2.27. The van der Waals surface area contributed by atoms with Gasteiger partial charge in [-0.05, 0) is 54.5 Å². The van der Waals surface area contributed by atoms with Gasteiger partial charge in [0, 0.05) is 23.9 Å². The van der Waals surface area contributed by atoms with E-state index in [-0.39, 0.29) is 5.57 Å². The molecule has 0 radical (unpaired) electrons. The first kappa shape index (κ1) is 24.5. The first-order valence-corrected chi connectivity index (χ1v) is 12.0. The second kappa shape index (κ2) is 12.2. The molecular formula is C30H28N4O2. The highest BCUT2D eigenvalue weighted by atomic mass is 16.5. The summed E-state index contributed by atoms with van der Waals surface area (Å²) >= 11 is 0. The number of carbonyl (C=O) groups excluding carboxylic acids is 1. The summed E-state index contributed by atoms with van der Waals surface area (Å²) < 4.78 is 7.54. The summed E-state index contributed by atoms with van der Waals surface area (Å²) in [5.41, 5.74) is 4.06. The number of carbonyl (C=O) groups is 1. The van der Waals surface area contributed by atoms with Gasteiger partial charge in [0.15, 0.2) is 0 Å². The molecule has 0 bridgehead atoms. The van der Waals surface area contributed by atoms with Crippen LogP contribution >= 0.6 is 0 Å². The van der Waals surface area contributed by atoms with Gasteiger partial charge in [-0.1, -0.05) is 61.9 Å². The summed E-state index contributed by atoms with van der Waals surface area (Å²) in [5, 5.41) is 17.4. The number of rotatable bonds is 10. The summed E-state index contributed by atoms with van der Waals surface area (Å²) in [6.45, 7) is 3.15. The largest absolute Gasteiger partial charge is 0.494 e. The van der Waals surface area contributed by atoms with Gasteiger partial charge >= 0.3 is 0 Å². The van der Waals surface area contributed by atoms with E-state index in [1.807, 2.05) is 97.2 Å². The summed E-state index contributed by atoms with van der Waals surface area (Å²) in [4.78, 5) is 12.8. The Morgan fingerprint density at radius 2 is 1.72 bits per heavy atom. The monoisotopic (exact) mass is 476 g/mol. The fourth-order valence-electron chi connectivity index (χ4n) is 3.65. The lowest BCUT2D eigenvalue weighted by molar-refractivity contribution is -0.117. The van der Waals surface area contributed by atoms with Crippen molar-refractivity contribution >= 4 is 12.0 Å². The van der Waals surface area contributed by atoms with E-state index < -0.39 is 5.91 Å². The number of hydrogen-bond donors (Lipinski definition) is 1. The number of para-hydroxylation sites is 1. The van der Waals surface area contributed by atoms with Crippen LogP contribution in [-0.2, 0) is 11.3 Å². The Labute approximate surface area is 211 Å². The molecular weight excluding hydrogens is 448 g/mol. The van der Waals surface area contributed by atoms with Gasteiger partial charge in [-0.3, -0.25) is 4.79 Å². The van der Waals surface area contributed by atoms with E-state index in [4.69, 9.17) is 9.84 Å². The molecule has 4 aromatic rings. The fourth-order valence-corrected chi connectivity index (χ4v) is 3.65. The number of amides is 1. The fraction of sp³-hybridized carbons (Fsp3) is 0.167. The van der Waals surface area contributed by atoms with E-state index in [9.17, 15) is 10.1 Å². The number of ether oxygens (including phenoxy) is 1. The molecule has 0 saturated carbocycles. The van der Waals surface area contributed by atoms with E-state index >= 15 is 0 Å². The first-order valence-electron chi connectivity index (χ1n) is 12.0. The van der Waals surface area contributed by atoms with Crippen molar-refractivity contribution < 1.29 is 9.53 Å². The van der Waals surface area contributed by atoms with Crippen LogP contribution in [0.5, 0.6) is 5.75 Å². The molecule has 6 heteroatoms. The predicted molar refractivity (Wildman–Crippen MR) is 141 cm³/mol. The number of nitrogens with zero attached hydrogens (tertiary/aromatic N) is 3. The van der Waals surface area contributed by atoms with Crippen molar-refractivity contribution in [1.82, 2.24) is 15.1 Å². The van der Waals surface area contributed by atoms with E-state index in [1.54, 1.807) is 10.8 Å². The molecule has 0 saturated heterocycles. The Hall–Kier alpha value is -4.63. The minimum absolute atomic E-state index is 0.0133. The van der Waals surface area contributed by atoms with Crippen LogP contribution in [-0.4, -0.2) is 22.3 Å². The van der Waals surface area contributed by atoms with Crippen LogP contribution in [0.4, 0.5) is 0 Å². The lowest BCUT2D eigenvalue weighted by Crippen LogP contribution is -2.23. The average molecular weight is 477 g/mol. The van der Waals surface area contributed by atoms with E-state index in [0.29, 0.717) is 24.4 Å². The zero-order chi connectivity index (χ0) is 25.2. The number of nitrogens with one attached hydrogen (secondary N) is 1. The van der Waals surface area contributed by atoms with Crippen LogP contribution in [0.2, 0.25) is 0 Å². The lowest BCUT2D eigenvalue weighted by Gasteiger charge is -2.06. The number of nitriles is 1. The van der Waals surface area contributed by atoms with Gasteiger partial charge < -0.3 is 10.1 Å². The van der Waals surface area contributed by atoms with Crippen molar-refractivity contribution in [3.05, 3.63) is 108 Å². The van der Waals surface area contributed by atoms with Gasteiger partial charge in [-0.2, -0.15) is 10.4 Å². The molecule has 1 aromatic heterocycles. The average Bonchev–Trinajstić information content (AvgIpc) is 3.36. The molecule has 0 aliphatic heterocycles. The van der Waals surface area contributed by atoms with Gasteiger partial charge in [0.25, 0.3) is 5.91 Å². The predicted octanol–water partition coefficient (Wildman–Crippen LogP) is 5.94. The van der Waals surface area contributed by atoms with Crippen molar-refractivity contribution in [1.29, 1.82) is 5.26 Å². The van der Waals surface area contributed by atoms with Crippen molar-refractivity contribution in [2.75, 3.05) is 6.61 Å². The normalized spacial score (nSPS) is 11.1. The molecule has 0 aliphatic rings. The molecule has 6 nitrogen and oxygen atoms in total. The minimum atomic E-state index is -0.431. The van der Waals surface area contributed by atoms with Crippen LogP contribution in [0.15, 0.2) is 96.7 Å². The van der Waals surface area contributed by atoms with Gasteiger partial charge in [0.05, 0.1) is 18.0 Å². The molecule has 0 spiro atoms. The Morgan fingerprint density at radius 3 is 2.39 bits per heavy atom. The number of hydrogen-bond acceptors (Lipinski definition) is 4. The standard InChI is InChI=1S/C30H28N4O2/c1-2-3-18-36-28-16-14-24(15-17-28)29-26(22-34(33-29)27-12-8-5-9-13-27)19-25(20-31)30(35)32-21-23-10-6-4-7-11-23/h4-17,19,22H,2-3,18,21H2,1H3,(H,32,35)/b25-19+. The Kier molecular flexibility index (Phi) is 8.29. The highest BCUT2D eigenvalue weighted by molar-refractivity contribution is 6.02. The molecule has 0 atom stereocenters. The summed E-state index contributed by atoms with van der Waals surface area (Å²) in [6, 6.07) is 29.1. The maximum absolute atomic E-state index is 12.8. The molecule has 3 aromatic carbocycles. The van der Waals surface area contributed by atoms with Crippen LogP contribution < -0.4 is 10.1 Å². The van der Waals surface area contributed by atoms with E-state index in [2.05, 4.69) is 12.2 Å². The zero-order valence-electron chi connectivity index (χ0n) is 20.2. The Morgan fingerprint density at radius 1 is 1.03 bits per heavy atom. The SMILES string of the molecule is CCCCOc1ccc(-c2nn(-c3ccccc3)cc2/C=C(\C#N)C(=O)NCc2ccccc2)cc1. The molecule has 36 heavy (non-hydrogen) atoms. The number of benzene rings is 3. The third kappa shape index (κ3) is 6.28. The topological polar surface area (TPSA) is 79.9 Å². The van der Waals surface area contributed by atoms with Gasteiger partial charge in [-0.15, -0.1) is 0 Å². The smallest absolute Gasteiger partial charge is 0.262 e. The first-order chi connectivity index (χ1) is 17.7. The molecule has 1 amide bonds. The number of unbranched alkanes of at least 4 members (excludes halogenated alkanes) is 1. The second-order valence-corrected chi connectivity index (χ2v) is 8.28. The molecule has 0 aliphatic carbocycles. The van der Waals surface area contributed by atoms with Crippen molar-refractivity contribution in [3.63, 3.8) is 0 Å². The van der Waals surface area contributed by atoms with E-state index in [1.165, 1.54) is 0 Å². The molecule has 1 heterocycles. The zero-order valence-corrected chi connectivity index (χ0v) is 20.2. The summed E-state index contributed by atoms with van der Waals surface area (Å²) in [7, 11) is 0. The highest BCUT2D eigenvalue weighted by Gasteiger charge is 2.15. The molecule has 180 valence electrons. The number of aromatic nitrogens is 2. The van der Waals surface area contributed by atoms with Crippen LogP contribution in [0.1, 0.15) is 30.9 Å². The molecule has 4 rings (SSSR count). The van der Waals surface area contributed by atoms with E-state index in [0.717, 1.165) is 35.4 Å². The van der Waals surface area contributed by atoms with Gasteiger partial charge in [0.2, 0.25) is 0 Å². The van der Waals surface area contributed by atoms with Crippen LogP contribution in [0.25, 0.3) is 23.0 Å².